The largest absolute Gasteiger partial charge is 0.350 e. The summed E-state index contributed by atoms with van der Waals surface area (Å²) in [5, 5.41) is 3.24. The van der Waals surface area contributed by atoms with E-state index in [-0.39, 0.29) is 18.5 Å². The Morgan fingerprint density at radius 1 is 1.11 bits per heavy atom. The Hall–Kier alpha value is -2.41. The van der Waals surface area contributed by atoms with Crippen molar-refractivity contribution < 1.29 is 19.2 Å². The van der Waals surface area contributed by atoms with Crippen molar-refractivity contribution in [2.24, 2.45) is 5.92 Å². The van der Waals surface area contributed by atoms with Crippen molar-refractivity contribution >= 4 is 35.4 Å². The average molecular weight is 392 g/mol. The van der Waals surface area contributed by atoms with Gasteiger partial charge in [-0.05, 0) is 36.5 Å². The maximum Gasteiger partial charge on any atom is 0.334 e. The molecule has 5 amide bonds. The maximum absolute atomic E-state index is 12.6. The third kappa shape index (κ3) is 4.13. The van der Waals surface area contributed by atoms with E-state index >= 15 is 0 Å². The molecule has 1 aromatic rings. The standard InChI is InChI=1S/C19H22ClN3O4/c1-12-4-2-3-5-15(12)23-18(26)17(25)22(19(23)27)11-16(24)21-10-13-6-8-14(20)9-7-13/h6-9,12,15H,2-5,10-11H2,1H3,(H,21,24)/t12-,15-/m0/s1. The number of urea groups is 1. The highest BCUT2D eigenvalue weighted by Crippen LogP contribution is 2.31. The molecule has 1 saturated carbocycles. The monoisotopic (exact) mass is 391 g/mol. The lowest BCUT2D eigenvalue weighted by Crippen LogP contribution is -2.47. The lowest BCUT2D eigenvalue weighted by atomic mass is 9.85. The summed E-state index contributed by atoms with van der Waals surface area (Å²) >= 11 is 5.82. The van der Waals surface area contributed by atoms with Crippen LogP contribution in [-0.4, -0.2) is 46.1 Å². The fraction of sp³-hybridized carbons (Fsp3) is 0.474. The van der Waals surface area contributed by atoms with Crippen molar-refractivity contribution in [3.05, 3.63) is 34.9 Å². The second-order valence-electron chi connectivity index (χ2n) is 7.08. The summed E-state index contributed by atoms with van der Waals surface area (Å²) in [7, 11) is 0. The molecule has 2 atom stereocenters. The Labute approximate surface area is 162 Å². The van der Waals surface area contributed by atoms with Crippen LogP contribution in [0.1, 0.15) is 38.2 Å². The van der Waals surface area contributed by atoms with Crippen LogP contribution in [-0.2, 0) is 20.9 Å². The summed E-state index contributed by atoms with van der Waals surface area (Å²) in [6, 6.07) is 5.99. The predicted octanol–water partition coefficient (Wildman–Crippen LogP) is 2.33. The molecule has 0 aromatic heterocycles. The lowest BCUT2D eigenvalue weighted by molar-refractivity contribution is -0.145. The van der Waals surface area contributed by atoms with E-state index in [0.717, 1.165) is 34.6 Å². The third-order valence-corrected chi connectivity index (χ3v) is 5.44. The minimum absolute atomic E-state index is 0.151. The van der Waals surface area contributed by atoms with Crippen molar-refractivity contribution in [1.29, 1.82) is 0 Å². The summed E-state index contributed by atoms with van der Waals surface area (Å²) in [6.45, 7) is 1.76. The van der Waals surface area contributed by atoms with E-state index in [1.165, 1.54) is 0 Å². The molecule has 2 fully saturated rings. The smallest absolute Gasteiger partial charge is 0.334 e. The van der Waals surface area contributed by atoms with Gasteiger partial charge in [0.1, 0.15) is 6.54 Å². The molecule has 0 radical (unpaired) electrons. The molecule has 0 spiro atoms. The fourth-order valence-electron chi connectivity index (χ4n) is 3.64. The molecule has 1 heterocycles. The zero-order chi connectivity index (χ0) is 19.6. The number of nitrogens with zero attached hydrogens (tertiary/aromatic N) is 2. The molecular weight excluding hydrogens is 370 g/mol. The Kier molecular flexibility index (Phi) is 5.79. The van der Waals surface area contributed by atoms with Crippen molar-refractivity contribution in [3.8, 4) is 0 Å². The van der Waals surface area contributed by atoms with Gasteiger partial charge in [-0.3, -0.25) is 19.3 Å². The highest BCUT2D eigenvalue weighted by Gasteiger charge is 2.49. The van der Waals surface area contributed by atoms with Gasteiger partial charge in [-0.2, -0.15) is 0 Å². The molecule has 0 unspecified atom stereocenters. The van der Waals surface area contributed by atoms with Gasteiger partial charge in [0.15, 0.2) is 0 Å². The molecule has 3 rings (SSSR count). The van der Waals surface area contributed by atoms with Crippen LogP contribution in [0, 0.1) is 5.92 Å². The van der Waals surface area contributed by atoms with Gasteiger partial charge in [0.25, 0.3) is 0 Å². The van der Waals surface area contributed by atoms with Crippen LogP contribution < -0.4 is 5.32 Å². The SMILES string of the molecule is C[C@H]1CCCC[C@@H]1N1C(=O)C(=O)N(CC(=O)NCc2ccc(Cl)cc2)C1=O. The van der Waals surface area contributed by atoms with Crippen LogP contribution in [0.4, 0.5) is 4.79 Å². The number of hydrogen-bond acceptors (Lipinski definition) is 4. The number of halogens is 1. The molecule has 8 heteroatoms. The second-order valence-corrected chi connectivity index (χ2v) is 7.52. The van der Waals surface area contributed by atoms with Gasteiger partial charge >= 0.3 is 17.8 Å². The molecular formula is C19H22ClN3O4. The van der Waals surface area contributed by atoms with Crippen molar-refractivity contribution in [2.75, 3.05) is 6.54 Å². The first-order valence-electron chi connectivity index (χ1n) is 9.08. The molecule has 0 bridgehead atoms. The van der Waals surface area contributed by atoms with E-state index < -0.39 is 30.3 Å². The minimum atomic E-state index is -0.931. The molecule has 27 heavy (non-hydrogen) atoms. The lowest BCUT2D eigenvalue weighted by Gasteiger charge is -2.34. The Balaban J connectivity index is 1.61. The summed E-state index contributed by atoms with van der Waals surface area (Å²) in [4.78, 5) is 51.2. The molecule has 7 nitrogen and oxygen atoms in total. The van der Waals surface area contributed by atoms with E-state index in [4.69, 9.17) is 11.6 Å². The number of hydrogen-bond donors (Lipinski definition) is 1. The van der Waals surface area contributed by atoms with Gasteiger partial charge < -0.3 is 5.32 Å². The first kappa shape index (κ1) is 19.4. The number of imide groups is 2. The number of amides is 5. The first-order chi connectivity index (χ1) is 12.9. The molecule has 144 valence electrons. The molecule has 1 N–H and O–H groups in total. The zero-order valence-corrected chi connectivity index (χ0v) is 15.9. The van der Waals surface area contributed by atoms with Crippen LogP contribution >= 0.6 is 11.6 Å². The summed E-state index contributed by atoms with van der Waals surface area (Å²) in [5.41, 5.74) is 0.834. The van der Waals surface area contributed by atoms with E-state index in [1.54, 1.807) is 24.3 Å². The van der Waals surface area contributed by atoms with Crippen LogP contribution in [0.25, 0.3) is 0 Å². The topological polar surface area (TPSA) is 86.8 Å². The number of rotatable bonds is 5. The van der Waals surface area contributed by atoms with E-state index in [0.29, 0.717) is 11.4 Å². The Morgan fingerprint density at radius 2 is 1.78 bits per heavy atom. The van der Waals surface area contributed by atoms with Gasteiger partial charge in [-0.15, -0.1) is 0 Å². The Morgan fingerprint density at radius 3 is 2.44 bits per heavy atom. The molecule has 1 saturated heterocycles. The van der Waals surface area contributed by atoms with E-state index in [1.807, 2.05) is 6.92 Å². The summed E-state index contributed by atoms with van der Waals surface area (Å²) in [6.07, 6.45) is 3.58. The normalized spacial score (nSPS) is 23.1. The van der Waals surface area contributed by atoms with Crippen LogP contribution in [0.3, 0.4) is 0 Å². The van der Waals surface area contributed by atoms with Crippen LogP contribution in [0.5, 0.6) is 0 Å². The van der Waals surface area contributed by atoms with E-state index in [9.17, 15) is 19.2 Å². The van der Waals surface area contributed by atoms with E-state index in [2.05, 4.69) is 5.32 Å². The van der Waals surface area contributed by atoms with Gasteiger partial charge in [0.2, 0.25) is 5.91 Å². The number of benzene rings is 1. The fourth-order valence-corrected chi connectivity index (χ4v) is 3.76. The highest BCUT2D eigenvalue weighted by molar-refractivity contribution is 6.45. The van der Waals surface area contributed by atoms with Gasteiger partial charge in [-0.25, -0.2) is 9.69 Å². The molecule has 1 aliphatic carbocycles. The summed E-state index contributed by atoms with van der Waals surface area (Å²) in [5.74, 6) is -2.11. The third-order valence-electron chi connectivity index (χ3n) is 5.19. The van der Waals surface area contributed by atoms with Gasteiger partial charge in [0.05, 0.1) is 0 Å². The molecule has 2 aliphatic rings. The van der Waals surface area contributed by atoms with Crippen molar-refractivity contribution in [2.45, 2.75) is 45.2 Å². The zero-order valence-electron chi connectivity index (χ0n) is 15.1. The Bertz CT molecular complexity index is 765. The predicted molar refractivity (Wildman–Crippen MR) is 98.7 cm³/mol. The first-order valence-corrected chi connectivity index (χ1v) is 9.46. The van der Waals surface area contributed by atoms with Gasteiger partial charge in [0, 0.05) is 17.6 Å². The van der Waals surface area contributed by atoms with Crippen molar-refractivity contribution in [3.63, 3.8) is 0 Å². The second kappa shape index (κ2) is 8.08. The molecule has 1 aliphatic heterocycles. The van der Waals surface area contributed by atoms with Gasteiger partial charge in [-0.1, -0.05) is 43.5 Å². The number of nitrogens with one attached hydrogen (secondary N) is 1. The number of carbonyl (C=O) groups is 4. The van der Waals surface area contributed by atoms with Crippen LogP contribution in [0.15, 0.2) is 24.3 Å². The quantitative estimate of drug-likeness (QED) is 0.616. The van der Waals surface area contributed by atoms with Crippen molar-refractivity contribution in [1.82, 2.24) is 15.1 Å². The maximum atomic E-state index is 12.6. The molecule has 1 aromatic carbocycles. The minimum Gasteiger partial charge on any atom is -0.350 e. The number of carbonyl (C=O) groups excluding carboxylic acids is 4. The summed E-state index contributed by atoms with van der Waals surface area (Å²) < 4.78 is 0. The average Bonchev–Trinajstić information content (AvgIpc) is 2.85. The highest BCUT2D eigenvalue weighted by atomic mass is 35.5. The van der Waals surface area contributed by atoms with Crippen LogP contribution in [0.2, 0.25) is 5.02 Å².